The summed E-state index contributed by atoms with van der Waals surface area (Å²) in [7, 11) is 0. The van der Waals surface area contributed by atoms with Gasteiger partial charge in [-0.3, -0.25) is 4.79 Å². The van der Waals surface area contributed by atoms with Crippen molar-refractivity contribution in [2.24, 2.45) is 0 Å². The molecule has 0 aliphatic rings. The number of halogens is 3. The van der Waals surface area contributed by atoms with Gasteiger partial charge in [0.15, 0.2) is 11.4 Å². The highest BCUT2D eigenvalue weighted by Gasteiger charge is 2.23. The molecule has 4 aromatic rings. The van der Waals surface area contributed by atoms with Gasteiger partial charge in [-0.1, -0.05) is 30.3 Å². The molecular weight excluding hydrogens is 359 g/mol. The van der Waals surface area contributed by atoms with Crippen molar-refractivity contribution in [3.05, 3.63) is 76.5 Å². The summed E-state index contributed by atoms with van der Waals surface area (Å²) in [6, 6.07) is 9.75. The Morgan fingerprint density at radius 1 is 0.963 bits per heavy atom. The van der Waals surface area contributed by atoms with Gasteiger partial charge in [0.1, 0.15) is 23.0 Å². The van der Waals surface area contributed by atoms with Gasteiger partial charge in [-0.15, -0.1) is 0 Å². The van der Waals surface area contributed by atoms with E-state index in [4.69, 9.17) is 0 Å². The molecule has 2 aromatic carbocycles. The molecule has 5 nitrogen and oxygen atoms in total. The molecule has 0 aliphatic heterocycles. The van der Waals surface area contributed by atoms with Gasteiger partial charge in [-0.05, 0) is 0 Å². The average Bonchev–Trinajstić information content (AvgIpc) is 2.64. The van der Waals surface area contributed by atoms with Crippen molar-refractivity contribution in [3.63, 3.8) is 0 Å². The molecule has 134 valence electrons. The molecule has 0 radical (unpaired) electrons. The van der Waals surface area contributed by atoms with E-state index in [1.54, 1.807) is 24.3 Å². The fourth-order valence-electron chi connectivity index (χ4n) is 2.80. The minimum atomic E-state index is -1.32. The van der Waals surface area contributed by atoms with Crippen LogP contribution in [0.2, 0.25) is 0 Å². The Kier molecular flexibility index (Phi) is 3.88. The van der Waals surface area contributed by atoms with E-state index in [2.05, 4.69) is 15.0 Å². The summed E-state index contributed by atoms with van der Waals surface area (Å²) in [5.74, 6) is -4.53. The van der Waals surface area contributed by atoms with Crippen molar-refractivity contribution >= 4 is 11.2 Å². The molecule has 2 heterocycles. The van der Waals surface area contributed by atoms with E-state index in [0.717, 1.165) is 0 Å². The summed E-state index contributed by atoms with van der Waals surface area (Å²) >= 11 is 0. The van der Waals surface area contributed by atoms with Gasteiger partial charge in [0, 0.05) is 17.7 Å². The van der Waals surface area contributed by atoms with Gasteiger partial charge in [0.25, 0.3) is 5.56 Å². The van der Waals surface area contributed by atoms with Crippen LogP contribution < -0.4 is 5.56 Å². The molecule has 2 N–H and O–H groups in total. The Labute approximate surface area is 149 Å². The van der Waals surface area contributed by atoms with Crippen LogP contribution in [0.15, 0.2) is 53.5 Å². The van der Waals surface area contributed by atoms with Crippen molar-refractivity contribution in [3.8, 4) is 28.1 Å². The van der Waals surface area contributed by atoms with Crippen LogP contribution in [0.5, 0.6) is 5.75 Å². The number of fused-ring (bicyclic) bond motifs is 1. The highest BCUT2D eigenvalue weighted by atomic mass is 19.1. The van der Waals surface area contributed by atoms with Crippen molar-refractivity contribution in [2.75, 3.05) is 0 Å². The molecule has 0 atom stereocenters. The number of nitrogens with one attached hydrogen (secondary N) is 1. The number of aromatic amines is 1. The van der Waals surface area contributed by atoms with E-state index < -0.39 is 39.9 Å². The van der Waals surface area contributed by atoms with E-state index in [0.29, 0.717) is 23.4 Å². The Balaban J connectivity index is 2.02. The summed E-state index contributed by atoms with van der Waals surface area (Å²) in [6.07, 6.45) is 1.39. The number of hydrogen-bond acceptors (Lipinski definition) is 4. The zero-order valence-electron chi connectivity index (χ0n) is 13.5. The Morgan fingerprint density at radius 2 is 1.63 bits per heavy atom. The number of hydrogen-bond donors (Lipinski definition) is 2. The van der Waals surface area contributed by atoms with E-state index in [1.165, 1.54) is 6.20 Å². The van der Waals surface area contributed by atoms with Crippen LogP contribution in [0.1, 0.15) is 0 Å². The second-order valence-corrected chi connectivity index (χ2v) is 5.74. The number of H-pyrrole nitrogens is 1. The molecule has 0 saturated heterocycles. The van der Waals surface area contributed by atoms with Gasteiger partial charge < -0.3 is 10.1 Å². The third-order valence-electron chi connectivity index (χ3n) is 4.02. The largest absolute Gasteiger partial charge is 0.505 e. The smallest absolute Gasteiger partial charge is 0.261 e. The first-order valence-electron chi connectivity index (χ1n) is 7.78. The quantitative estimate of drug-likeness (QED) is 0.564. The number of benzene rings is 2. The average molecular weight is 369 g/mol. The van der Waals surface area contributed by atoms with E-state index in [-0.39, 0.29) is 11.2 Å². The van der Waals surface area contributed by atoms with Gasteiger partial charge in [-0.25, -0.2) is 23.1 Å². The molecule has 0 amide bonds. The molecule has 2 aromatic heterocycles. The van der Waals surface area contributed by atoms with Crippen LogP contribution in [0, 0.1) is 17.5 Å². The molecule has 0 fully saturated rings. The minimum Gasteiger partial charge on any atom is -0.505 e. The Morgan fingerprint density at radius 3 is 2.30 bits per heavy atom. The Bertz CT molecular complexity index is 1220. The second kappa shape index (κ2) is 6.24. The monoisotopic (exact) mass is 369 g/mol. The van der Waals surface area contributed by atoms with E-state index in [1.807, 2.05) is 6.07 Å². The molecule has 0 bridgehead atoms. The van der Waals surface area contributed by atoms with Crippen LogP contribution in [-0.2, 0) is 0 Å². The molecular formula is C19H10F3N3O2. The zero-order chi connectivity index (χ0) is 19.1. The first kappa shape index (κ1) is 16.8. The maximum absolute atomic E-state index is 14.1. The van der Waals surface area contributed by atoms with Crippen LogP contribution >= 0.6 is 0 Å². The zero-order valence-corrected chi connectivity index (χ0v) is 13.5. The molecule has 0 aliphatic carbocycles. The SMILES string of the molecule is O=c1[nH]c2ncc(-c3ccccc3)nc2c(O)c1-c1c(F)cc(F)cc1F. The predicted octanol–water partition coefficient (Wildman–Crippen LogP) is 3.78. The maximum Gasteiger partial charge on any atom is 0.261 e. The number of pyridine rings is 1. The van der Waals surface area contributed by atoms with Crippen molar-refractivity contribution in [2.45, 2.75) is 0 Å². The lowest BCUT2D eigenvalue weighted by Crippen LogP contribution is -2.13. The van der Waals surface area contributed by atoms with Crippen LogP contribution in [0.3, 0.4) is 0 Å². The number of aromatic nitrogens is 3. The maximum atomic E-state index is 14.1. The van der Waals surface area contributed by atoms with Gasteiger partial charge in [0.05, 0.1) is 23.0 Å². The standard InChI is InChI=1S/C19H10F3N3O2/c20-10-6-11(21)14(12(22)7-10)15-17(26)16-18(25-19(15)27)23-8-13(24-16)9-4-2-1-3-5-9/h1-8H,(H2,23,25,26,27). The third kappa shape index (κ3) is 2.80. The molecule has 0 spiro atoms. The summed E-state index contributed by atoms with van der Waals surface area (Å²) < 4.78 is 41.4. The summed E-state index contributed by atoms with van der Waals surface area (Å²) in [5.41, 5.74) is -1.63. The fourth-order valence-corrected chi connectivity index (χ4v) is 2.80. The number of nitrogens with zero attached hydrogens (tertiary/aromatic N) is 2. The van der Waals surface area contributed by atoms with E-state index >= 15 is 0 Å². The van der Waals surface area contributed by atoms with Gasteiger partial charge in [0.2, 0.25) is 0 Å². The molecule has 0 saturated carbocycles. The van der Waals surface area contributed by atoms with E-state index in [9.17, 15) is 23.1 Å². The van der Waals surface area contributed by atoms with Crippen LogP contribution in [0.4, 0.5) is 13.2 Å². The molecule has 4 rings (SSSR count). The van der Waals surface area contributed by atoms with Gasteiger partial charge in [-0.2, -0.15) is 0 Å². The first-order valence-corrected chi connectivity index (χ1v) is 7.78. The minimum absolute atomic E-state index is 0.0520. The highest BCUT2D eigenvalue weighted by Crippen LogP contribution is 2.34. The number of aromatic hydroxyl groups is 1. The predicted molar refractivity (Wildman–Crippen MR) is 92.6 cm³/mol. The lowest BCUT2D eigenvalue weighted by Gasteiger charge is -2.10. The van der Waals surface area contributed by atoms with Crippen molar-refractivity contribution in [1.82, 2.24) is 15.0 Å². The summed E-state index contributed by atoms with van der Waals surface area (Å²) in [6.45, 7) is 0. The summed E-state index contributed by atoms with van der Waals surface area (Å²) in [4.78, 5) is 22.9. The highest BCUT2D eigenvalue weighted by molar-refractivity contribution is 5.88. The summed E-state index contributed by atoms with van der Waals surface area (Å²) in [5, 5.41) is 10.5. The lowest BCUT2D eigenvalue weighted by atomic mass is 10.0. The second-order valence-electron chi connectivity index (χ2n) is 5.74. The van der Waals surface area contributed by atoms with Gasteiger partial charge >= 0.3 is 0 Å². The van der Waals surface area contributed by atoms with Crippen molar-refractivity contribution in [1.29, 1.82) is 0 Å². The molecule has 0 unspecified atom stereocenters. The van der Waals surface area contributed by atoms with Crippen molar-refractivity contribution < 1.29 is 18.3 Å². The first-order chi connectivity index (χ1) is 13.0. The lowest BCUT2D eigenvalue weighted by molar-refractivity contribution is 0.478. The van der Waals surface area contributed by atoms with Crippen LogP contribution in [0.25, 0.3) is 33.5 Å². The third-order valence-corrected chi connectivity index (χ3v) is 4.02. The number of rotatable bonds is 2. The molecule has 27 heavy (non-hydrogen) atoms. The fraction of sp³-hybridized carbons (Fsp3) is 0. The molecule has 8 heteroatoms. The topological polar surface area (TPSA) is 78.9 Å². The normalized spacial score (nSPS) is 11.1. The Hall–Kier alpha value is -3.68. The van der Waals surface area contributed by atoms with Crippen LogP contribution in [-0.4, -0.2) is 20.1 Å².